The van der Waals surface area contributed by atoms with Crippen LogP contribution in [0.2, 0.25) is 0 Å². The molecule has 1 N–H and O–H groups in total. The molecule has 12 heavy (non-hydrogen) atoms. The molecular weight excluding hydrogens is 221 g/mol. The third-order valence-electron chi connectivity index (χ3n) is 1.88. The lowest BCUT2D eigenvalue weighted by atomic mass is 10.1. The molecule has 3 heteroatoms. The lowest BCUT2D eigenvalue weighted by Crippen LogP contribution is -2.13. The molecular formula is C9H11BrFN. The van der Waals surface area contributed by atoms with Gasteiger partial charge in [-0.3, -0.25) is 0 Å². The summed E-state index contributed by atoms with van der Waals surface area (Å²) in [7, 11) is 1.81. The van der Waals surface area contributed by atoms with Gasteiger partial charge in [0.25, 0.3) is 0 Å². The summed E-state index contributed by atoms with van der Waals surface area (Å²) in [4.78, 5) is 0. The molecule has 1 rings (SSSR count). The van der Waals surface area contributed by atoms with Crippen LogP contribution in [0.25, 0.3) is 0 Å². The maximum atomic E-state index is 13.4. The minimum atomic E-state index is -0.181. The minimum absolute atomic E-state index is 0.0440. The summed E-state index contributed by atoms with van der Waals surface area (Å²) in [6.07, 6.45) is 0. The highest BCUT2D eigenvalue weighted by Gasteiger charge is 2.10. The second-order valence-electron chi connectivity index (χ2n) is 2.65. The number of benzene rings is 1. The molecule has 0 heterocycles. The van der Waals surface area contributed by atoms with E-state index in [1.807, 2.05) is 20.0 Å². The summed E-state index contributed by atoms with van der Waals surface area (Å²) < 4.78 is 13.9. The molecule has 0 aliphatic carbocycles. The van der Waals surface area contributed by atoms with E-state index < -0.39 is 0 Å². The van der Waals surface area contributed by atoms with Gasteiger partial charge >= 0.3 is 0 Å². The Hall–Kier alpha value is -0.410. The van der Waals surface area contributed by atoms with Gasteiger partial charge in [-0.25, -0.2) is 4.39 Å². The Morgan fingerprint density at radius 3 is 2.75 bits per heavy atom. The van der Waals surface area contributed by atoms with Crippen LogP contribution >= 0.6 is 15.9 Å². The maximum absolute atomic E-state index is 13.4. The van der Waals surface area contributed by atoms with E-state index >= 15 is 0 Å². The maximum Gasteiger partial charge on any atom is 0.142 e. The van der Waals surface area contributed by atoms with Crippen LogP contribution in [0.15, 0.2) is 22.7 Å². The van der Waals surface area contributed by atoms with Crippen LogP contribution in [0.5, 0.6) is 0 Å². The van der Waals surface area contributed by atoms with Crippen molar-refractivity contribution in [3.63, 3.8) is 0 Å². The zero-order chi connectivity index (χ0) is 9.14. The molecule has 1 nitrogen and oxygen atoms in total. The minimum Gasteiger partial charge on any atom is -0.313 e. The Morgan fingerprint density at radius 2 is 2.17 bits per heavy atom. The van der Waals surface area contributed by atoms with Gasteiger partial charge in [0.05, 0.1) is 4.47 Å². The van der Waals surface area contributed by atoms with Crippen molar-refractivity contribution in [2.75, 3.05) is 7.05 Å². The van der Waals surface area contributed by atoms with Crippen molar-refractivity contribution in [1.82, 2.24) is 5.32 Å². The van der Waals surface area contributed by atoms with Crippen molar-refractivity contribution in [3.05, 3.63) is 34.1 Å². The van der Waals surface area contributed by atoms with Gasteiger partial charge < -0.3 is 5.32 Å². The Bertz CT molecular complexity index is 275. The molecule has 0 aliphatic rings. The summed E-state index contributed by atoms with van der Waals surface area (Å²) in [5.41, 5.74) is 0.687. The lowest BCUT2D eigenvalue weighted by Gasteiger charge is -2.11. The van der Waals surface area contributed by atoms with Crippen molar-refractivity contribution in [3.8, 4) is 0 Å². The van der Waals surface area contributed by atoms with Gasteiger partial charge in [0, 0.05) is 11.6 Å². The van der Waals surface area contributed by atoms with Gasteiger partial charge in [-0.15, -0.1) is 0 Å². The highest BCUT2D eigenvalue weighted by Crippen LogP contribution is 2.22. The van der Waals surface area contributed by atoms with Gasteiger partial charge in [-0.1, -0.05) is 12.1 Å². The van der Waals surface area contributed by atoms with Gasteiger partial charge in [-0.05, 0) is 36.0 Å². The summed E-state index contributed by atoms with van der Waals surface area (Å²) in [6.45, 7) is 1.92. The zero-order valence-electron chi connectivity index (χ0n) is 7.07. The quantitative estimate of drug-likeness (QED) is 0.826. The van der Waals surface area contributed by atoms with E-state index in [4.69, 9.17) is 0 Å². The average molecular weight is 232 g/mol. The molecule has 1 unspecified atom stereocenters. The highest BCUT2D eigenvalue weighted by atomic mass is 79.9. The van der Waals surface area contributed by atoms with E-state index in [1.54, 1.807) is 12.1 Å². The number of hydrogen-bond acceptors (Lipinski definition) is 1. The predicted molar refractivity (Wildman–Crippen MR) is 51.6 cm³/mol. The Labute approximate surface area is 80.1 Å². The van der Waals surface area contributed by atoms with E-state index in [9.17, 15) is 4.39 Å². The average Bonchev–Trinajstić information content (AvgIpc) is 2.08. The van der Waals surface area contributed by atoms with Crippen molar-refractivity contribution >= 4 is 15.9 Å². The molecule has 66 valence electrons. The van der Waals surface area contributed by atoms with Crippen LogP contribution in [0.1, 0.15) is 18.5 Å². The zero-order valence-corrected chi connectivity index (χ0v) is 8.65. The first-order chi connectivity index (χ1) is 5.66. The summed E-state index contributed by atoms with van der Waals surface area (Å²) >= 11 is 3.14. The standard InChI is InChI=1S/C9H11BrFN/c1-6(12-2)7-4-3-5-8(10)9(7)11/h3-6,12H,1-2H3. The molecule has 0 aromatic heterocycles. The topological polar surface area (TPSA) is 12.0 Å². The summed E-state index contributed by atoms with van der Waals surface area (Å²) in [5.74, 6) is -0.181. The van der Waals surface area contributed by atoms with Gasteiger partial charge in [0.15, 0.2) is 0 Å². The molecule has 0 radical (unpaired) electrons. The first kappa shape index (κ1) is 9.68. The largest absolute Gasteiger partial charge is 0.313 e. The normalized spacial score (nSPS) is 13.0. The van der Waals surface area contributed by atoms with E-state index in [0.29, 0.717) is 10.0 Å². The fourth-order valence-corrected chi connectivity index (χ4v) is 1.39. The predicted octanol–water partition coefficient (Wildman–Crippen LogP) is 2.87. The van der Waals surface area contributed by atoms with Crippen LogP contribution in [-0.2, 0) is 0 Å². The Kier molecular flexibility index (Phi) is 3.23. The number of rotatable bonds is 2. The Balaban J connectivity index is 3.07. The van der Waals surface area contributed by atoms with Gasteiger partial charge in [0.2, 0.25) is 0 Å². The second kappa shape index (κ2) is 4.01. The van der Waals surface area contributed by atoms with E-state index in [-0.39, 0.29) is 11.9 Å². The summed E-state index contributed by atoms with van der Waals surface area (Å²) in [6, 6.07) is 5.35. The van der Waals surface area contributed by atoms with E-state index in [0.717, 1.165) is 0 Å². The molecule has 1 aromatic carbocycles. The van der Waals surface area contributed by atoms with Crippen LogP contribution in [0.3, 0.4) is 0 Å². The van der Waals surface area contributed by atoms with Crippen molar-refractivity contribution in [2.45, 2.75) is 13.0 Å². The van der Waals surface area contributed by atoms with E-state index in [2.05, 4.69) is 21.2 Å². The molecule has 0 fully saturated rings. The molecule has 0 spiro atoms. The SMILES string of the molecule is CNC(C)c1cccc(Br)c1F. The van der Waals surface area contributed by atoms with Gasteiger partial charge in [0.1, 0.15) is 5.82 Å². The first-order valence-corrected chi connectivity index (χ1v) is 4.57. The Morgan fingerprint density at radius 1 is 1.50 bits per heavy atom. The molecule has 1 atom stereocenters. The van der Waals surface area contributed by atoms with Crippen molar-refractivity contribution in [1.29, 1.82) is 0 Å². The molecule has 1 aromatic rings. The highest BCUT2D eigenvalue weighted by molar-refractivity contribution is 9.10. The monoisotopic (exact) mass is 231 g/mol. The first-order valence-electron chi connectivity index (χ1n) is 3.78. The molecule has 0 aliphatic heterocycles. The second-order valence-corrected chi connectivity index (χ2v) is 3.51. The molecule has 0 bridgehead atoms. The smallest absolute Gasteiger partial charge is 0.142 e. The molecule has 0 amide bonds. The van der Waals surface area contributed by atoms with Crippen LogP contribution in [0.4, 0.5) is 4.39 Å². The third kappa shape index (κ3) is 1.84. The van der Waals surface area contributed by atoms with Crippen molar-refractivity contribution < 1.29 is 4.39 Å². The molecule has 0 saturated heterocycles. The molecule has 0 saturated carbocycles. The van der Waals surface area contributed by atoms with Crippen LogP contribution in [0, 0.1) is 5.82 Å². The van der Waals surface area contributed by atoms with E-state index in [1.165, 1.54) is 0 Å². The fourth-order valence-electron chi connectivity index (χ4n) is 1.01. The van der Waals surface area contributed by atoms with Gasteiger partial charge in [-0.2, -0.15) is 0 Å². The number of halogens is 2. The number of nitrogens with one attached hydrogen (secondary N) is 1. The van der Waals surface area contributed by atoms with Crippen LogP contribution < -0.4 is 5.32 Å². The van der Waals surface area contributed by atoms with Crippen molar-refractivity contribution in [2.24, 2.45) is 0 Å². The summed E-state index contributed by atoms with van der Waals surface area (Å²) in [5, 5.41) is 2.99. The van der Waals surface area contributed by atoms with Crippen LogP contribution in [-0.4, -0.2) is 7.05 Å². The number of hydrogen-bond donors (Lipinski definition) is 1. The third-order valence-corrected chi connectivity index (χ3v) is 2.49. The lowest BCUT2D eigenvalue weighted by molar-refractivity contribution is 0.557. The fraction of sp³-hybridized carbons (Fsp3) is 0.333.